The van der Waals surface area contributed by atoms with E-state index in [1.165, 1.54) is 18.2 Å². The largest absolute Gasteiger partial charge is 0.475 e. The quantitative estimate of drug-likeness (QED) is 0.587. The Kier molecular flexibility index (Phi) is 5.25. The number of ether oxygens (including phenoxy) is 2. The smallest absolute Gasteiger partial charge is 0.222 e. The molecule has 1 unspecified atom stereocenters. The van der Waals surface area contributed by atoms with Crippen LogP contribution in [0.25, 0.3) is 11.1 Å². The lowest BCUT2D eigenvalue weighted by molar-refractivity contribution is 0.232. The van der Waals surface area contributed by atoms with Crippen LogP contribution in [-0.4, -0.2) is 23.6 Å². The lowest BCUT2D eigenvalue weighted by Gasteiger charge is -2.10. The third-order valence-electron chi connectivity index (χ3n) is 4.55. The lowest BCUT2D eigenvalue weighted by Crippen LogP contribution is -2.07. The van der Waals surface area contributed by atoms with Crippen molar-refractivity contribution in [3.63, 3.8) is 0 Å². The Morgan fingerprint density at radius 2 is 1.66 bits per heavy atom. The van der Waals surface area contributed by atoms with Gasteiger partial charge in [0.15, 0.2) is 0 Å². The molecule has 1 aliphatic heterocycles. The maximum Gasteiger partial charge on any atom is 0.222 e. The van der Waals surface area contributed by atoms with Gasteiger partial charge in [-0.1, -0.05) is 30.3 Å². The van der Waals surface area contributed by atoms with Crippen molar-refractivity contribution in [2.75, 3.05) is 6.61 Å². The van der Waals surface area contributed by atoms with E-state index in [1.54, 1.807) is 6.20 Å². The zero-order chi connectivity index (χ0) is 20.4. The first-order valence-corrected chi connectivity index (χ1v) is 9.39. The van der Waals surface area contributed by atoms with E-state index in [4.69, 9.17) is 9.47 Å². The maximum atomic E-state index is 14.0. The van der Waals surface area contributed by atoms with E-state index in [0.29, 0.717) is 5.88 Å². The van der Waals surface area contributed by atoms with Crippen molar-refractivity contribution in [2.24, 2.45) is 4.99 Å². The zero-order valence-electron chi connectivity index (χ0n) is 16.1. The number of rotatable bonds is 5. The highest BCUT2D eigenvalue weighted by molar-refractivity contribution is 5.95. The van der Waals surface area contributed by atoms with Gasteiger partial charge in [-0.3, -0.25) is 0 Å². The fourth-order valence-corrected chi connectivity index (χ4v) is 3.14. The minimum atomic E-state index is -0.683. The molecule has 2 aromatic carbocycles. The summed E-state index contributed by atoms with van der Waals surface area (Å²) in [5.41, 5.74) is 2.66. The van der Waals surface area contributed by atoms with E-state index in [9.17, 15) is 8.78 Å². The molecular weight excluding hydrogens is 374 g/mol. The molecule has 6 heteroatoms. The van der Waals surface area contributed by atoms with Gasteiger partial charge < -0.3 is 9.47 Å². The van der Waals surface area contributed by atoms with Crippen molar-refractivity contribution in [1.29, 1.82) is 0 Å². The first-order valence-electron chi connectivity index (χ1n) is 9.39. The predicted octanol–water partition coefficient (Wildman–Crippen LogP) is 5.33. The Hall–Kier alpha value is -3.28. The number of hydrogen-bond donors (Lipinski definition) is 0. The molecule has 1 aliphatic rings. The van der Waals surface area contributed by atoms with Crippen LogP contribution in [0.1, 0.15) is 31.0 Å². The van der Waals surface area contributed by atoms with E-state index in [0.717, 1.165) is 16.7 Å². The van der Waals surface area contributed by atoms with Crippen LogP contribution in [0.2, 0.25) is 0 Å². The monoisotopic (exact) mass is 394 g/mol. The average molecular weight is 394 g/mol. The molecule has 0 N–H and O–H groups in total. The van der Waals surface area contributed by atoms with E-state index in [2.05, 4.69) is 9.98 Å². The van der Waals surface area contributed by atoms with Crippen LogP contribution in [0.15, 0.2) is 65.8 Å². The second-order valence-corrected chi connectivity index (χ2v) is 7.03. The summed E-state index contributed by atoms with van der Waals surface area (Å²) < 4.78 is 38.9. The van der Waals surface area contributed by atoms with Gasteiger partial charge >= 0.3 is 0 Å². The van der Waals surface area contributed by atoms with Gasteiger partial charge in [-0.15, -0.1) is 0 Å². The summed E-state index contributed by atoms with van der Waals surface area (Å²) in [4.78, 5) is 8.70. The fraction of sp³-hybridized carbons (Fsp3) is 0.217. The Bertz CT molecular complexity index is 1010. The molecule has 148 valence electrons. The molecule has 0 bridgehead atoms. The van der Waals surface area contributed by atoms with E-state index >= 15 is 0 Å². The first kappa shape index (κ1) is 19.1. The lowest BCUT2D eigenvalue weighted by atomic mass is 10.0. The van der Waals surface area contributed by atoms with Crippen molar-refractivity contribution in [1.82, 2.24) is 4.98 Å². The zero-order valence-corrected chi connectivity index (χ0v) is 16.1. The average Bonchev–Trinajstić information content (AvgIpc) is 3.18. The molecule has 3 aromatic rings. The van der Waals surface area contributed by atoms with E-state index in [-0.39, 0.29) is 30.2 Å². The Morgan fingerprint density at radius 3 is 2.28 bits per heavy atom. The first-order chi connectivity index (χ1) is 14.0. The van der Waals surface area contributed by atoms with Gasteiger partial charge in [-0.2, -0.15) is 0 Å². The van der Waals surface area contributed by atoms with E-state index < -0.39 is 11.6 Å². The summed E-state index contributed by atoms with van der Waals surface area (Å²) in [7, 11) is 0. The molecule has 1 atom stereocenters. The SMILES string of the molecule is CC(C)Oc1ccc(-c2ccc(C3COC(c4c(F)cccc4F)=N3)cc2)cn1. The molecular formula is C23H20F2N2O2. The molecule has 4 rings (SSSR count). The molecule has 0 fully saturated rings. The topological polar surface area (TPSA) is 43.7 Å². The number of aromatic nitrogens is 1. The highest BCUT2D eigenvalue weighted by Gasteiger charge is 2.26. The van der Waals surface area contributed by atoms with Crippen molar-refractivity contribution >= 4 is 5.90 Å². The maximum absolute atomic E-state index is 14.0. The molecule has 0 saturated carbocycles. The van der Waals surface area contributed by atoms with Crippen molar-refractivity contribution in [3.8, 4) is 17.0 Å². The summed E-state index contributed by atoms with van der Waals surface area (Å²) >= 11 is 0. The van der Waals surface area contributed by atoms with E-state index in [1.807, 2.05) is 50.2 Å². The number of hydrogen-bond acceptors (Lipinski definition) is 4. The molecule has 4 nitrogen and oxygen atoms in total. The van der Waals surface area contributed by atoms with Crippen LogP contribution >= 0.6 is 0 Å². The third-order valence-corrected chi connectivity index (χ3v) is 4.55. The molecule has 0 spiro atoms. The summed E-state index contributed by atoms with van der Waals surface area (Å²) in [6.07, 6.45) is 1.84. The van der Waals surface area contributed by atoms with Crippen molar-refractivity contribution in [3.05, 3.63) is 83.6 Å². The molecule has 0 amide bonds. The van der Waals surface area contributed by atoms with Crippen LogP contribution in [0.5, 0.6) is 5.88 Å². The summed E-state index contributed by atoms with van der Waals surface area (Å²) in [5.74, 6) is -0.778. The van der Waals surface area contributed by atoms with Gasteiger partial charge in [-0.05, 0) is 43.2 Å². The summed E-state index contributed by atoms with van der Waals surface area (Å²) in [6.45, 7) is 4.15. The standard InChI is InChI=1S/C23H20F2N2O2/c1-14(2)29-21-11-10-17(12-26-21)15-6-8-16(9-7-15)20-13-28-23(27-20)22-18(24)4-3-5-19(22)25/h3-12,14,20H,13H2,1-2H3. The van der Waals surface area contributed by atoms with Crippen LogP contribution in [-0.2, 0) is 4.74 Å². The molecule has 2 heterocycles. The predicted molar refractivity (Wildman–Crippen MR) is 107 cm³/mol. The fourth-order valence-electron chi connectivity index (χ4n) is 3.14. The molecule has 29 heavy (non-hydrogen) atoms. The normalized spacial score (nSPS) is 15.9. The van der Waals surface area contributed by atoms with Crippen LogP contribution in [0, 0.1) is 11.6 Å². The van der Waals surface area contributed by atoms with Crippen LogP contribution in [0.4, 0.5) is 8.78 Å². The van der Waals surface area contributed by atoms with Crippen LogP contribution < -0.4 is 4.74 Å². The Balaban J connectivity index is 1.52. The Morgan fingerprint density at radius 1 is 0.966 bits per heavy atom. The minimum Gasteiger partial charge on any atom is -0.475 e. The summed E-state index contributed by atoms with van der Waals surface area (Å²) in [5, 5.41) is 0. The molecule has 0 saturated heterocycles. The minimum absolute atomic E-state index is 0.000354. The second-order valence-electron chi connectivity index (χ2n) is 7.03. The van der Waals surface area contributed by atoms with Gasteiger partial charge in [0.2, 0.25) is 11.8 Å². The van der Waals surface area contributed by atoms with Crippen molar-refractivity contribution in [2.45, 2.75) is 26.0 Å². The summed E-state index contributed by atoms with van der Waals surface area (Å²) in [6, 6.07) is 15.0. The molecule has 0 aliphatic carbocycles. The number of benzene rings is 2. The van der Waals surface area contributed by atoms with Crippen LogP contribution in [0.3, 0.4) is 0 Å². The van der Waals surface area contributed by atoms with Crippen molar-refractivity contribution < 1.29 is 18.3 Å². The molecule has 0 radical (unpaired) electrons. The number of halogens is 2. The van der Waals surface area contributed by atoms with Gasteiger partial charge in [0.05, 0.1) is 6.10 Å². The van der Waals surface area contributed by atoms with Gasteiger partial charge in [-0.25, -0.2) is 18.8 Å². The second kappa shape index (κ2) is 7.99. The highest BCUT2D eigenvalue weighted by atomic mass is 19.1. The van der Waals surface area contributed by atoms with Gasteiger partial charge in [0, 0.05) is 17.8 Å². The molecule has 1 aromatic heterocycles. The highest BCUT2D eigenvalue weighted by Crippen LogP contribution is 2.29. The van der Waals surface area contributed by atoms with Gasteiger partial charge in [0.25, 0.3) is 0 Å². The number of nitrogens with zero attached hydrogens (tertiary/aromatic N) is 2. The number of pyridine rings is 1. The third kappa shape index (κ3) is 4.11. The number of aliphatic imine (C=N–C) groups is 1. The Labute approximate surface area is 167 Å². The van der Waals surface area contributed by atoms with Gasteiger partial charge in [0.1, 0.15) is 29.8 Å².